The molecule has 2 unspecified atom stereocenters. The minimum atomic E-state index is 0.283. The van der Waals surface area contributed by atoms with Crippen molar-refractivity contribution in [2.75, 3.05) is 0 Å². The molecule has 21 heavy (non-hydrogen) atoms. The second-order valence-electron chi connectivity index (χ2n) is 6.06. The van der Waals surface area contributed by atoms with Crippen LogP contribution >= 0.6 is 27.5 Å². The highest BCUT2D eigenvalue weighted by Crippen LogP contribution is 2.47. The van der Waals surface area contributed by atoms with E-state index < -0.39 is 0 Å². The van der Waals surface area contributed by atoms with Gasteiger partial charge < -0.3 is 0 Å². The molecule has 0 bridgehead atoms. The summed E-state index contributed by atoms with van der Waals surface area (Å²) in [4.78, 5) is 0.283. The first-order valence-corrected chi connectivity index (χ1v) is 8.86. The monoisotopic (exact) mass is 362 g/mol. The van der Waals surface area contributed by atoms with Crippen LogP contribution in [0.1, 0.15) is 51.4 Å². The molecule has 2 aromatic carbocycles. The third kappa shape index (κ3) is 2.91. The molecule has 1 aliphatic rings. The molecule has 0 radical (unpaired) electrons. The third-order valence-corrected chi connectivity index (χ3v) is 6.14. The van der Waals surface area contributed by atoms with E-state index in [1.54, 1.807) is 0 Å². The van der Waals surface area contributed by atoms with E-state index in [2.05, 4.69) is 66.2 Å². The van der Waals surface area contributed by atoms with Gasteiger partial charge in [-0.2, -0.15) is 0 Å². The Labute approximate surface area is 140 Å². The van der Waals surface area contributed by atoms with Crippen LogP contribution in [0.5, 0.6) is 0 Å². The quantitative estimate of drug-likeness (QED) is 0.533. The molecule has 2 heteroatoms. The minimum Gasteiger partial charge on any atom is -0.0840 e. The van der Waals surface area contributed by atoms with Crippen LogP contribution in [-0.2, 0) is 6.42 Å². The third-order valence-electron chi connectivity index (χ3n) is 4.68. The first-order chi connectivity index (χ1) is 10.1. The van der Waals surface area contributed by atoms with Gasteiger partial charge in [-0.05, 0) is 67.0 Å². The lowest BCUT2D eigenvalue weighted by Crippen LogP contribution is -2.14. The van der Waals surface area contributed by atoms with E-state index in [1.165, 1.54) is 47.1 Å². The second-order valence-corrected chi connectivity index (χ2v) is 7.45. The molecule has 0 aliphatic heterocycles. The number of hydrogen-bond donors (Lipinski definition) is 0. The summed E-state index contributed by atoms with van der Waals surface area (Å²) in [7, 11) is 0. The van der Waals surface area contributed by atoms with E-state index in [0.29, 0.717) is 5.92 Å². The average molecular weight is 364 g/mol. The molecule has 2 aromatic rings. The molecule has 0 saturated carbocycles. The minimum absolute atomic E-state index is 0.283. The Balaban J connectivity index is 2.00. The first-order valence-electron chi connectivity index (χ1n) is 7.56. The van der Waals surface area contributed by atoms with E-state index >= 15 is 0 Å². The highest BCUT2D eigenvalue weighted by Gasteiger charge is 2.28. The molecule has 0 nitrogen and oxygen atoms in total. The van der Waals surface area contributed by atoms with Gasteiger partial charge in [-0.25, -0.2) is 0 Å². The number of hydrogen-bond acceptors (Lipinski definition) is 0. The normalized spacial score (nSPS) is 19.1. The van der Waals surface area contributed by atoms with Crippen molar-refractivity contribution in [3.63, 3.8) is 0 Å². The molecule has 0 spiro atoms. The molecule has 0 N–H and O–H groups in total. The maximum Gasteiger partial charge on any atom is 0.0478 e. The summed E-state index contributed by atoms with van der Waals surface area (Å²) >= 11 is 10.5. The Hall–Kier alpha value is -0.790. The number of alkyl halides is 1. The highest BCUT2D eigenvalue weighted by molar-refractivity contribution is 9.09. The van der Waals surface area contributed by atoms with E-state index in [0.717, 1.165) is 5.02 Å². The van der Waals surface area contributed by atoms with Gasteiger partial charge in [0, 0.05) is 15.8 Å². The fourth-order valence-electron chi connectivity index (χ4n) is 3.33. The lowest BCUT2D eigenvalue weighted by molar-refractivity contribution is 0.547. The largest absolute Gasteiger partial charge is 0.0840 e. The average Bonchev–Trinajstić information content (AvgIpc) is 2.49. The van der Waals surface area contributed by atoms with Crippen LogP contribution in [-0.4, -0.2) is 0 Å². The van der Waals surface area contributed by atoms with Crippen molar-refractivity contribution < 1.29 is 0 Å². The van der Waals surface area contributed by atoms with Crippen molar-refractivity contribution in [3.8, 4) is 0 Å². The van der Waals surface area contributed by atoms with Crippen LogP contribution < -0.4 is 0 Å². The Bertz CT molecular complexity index is 663. The van der Waals surface area contributed by atoms with Gasteiger partial charge in [0.2, 0.25) is 0 Å². The van der Waals surface area contributed by atoms with Crippen molar-refractivity contribution in [2.24, 2.45) is 0 Å². The molecule has 0 heterocycles. The fourth-order valence-corrected chi connectivity index (χ4v) is 4.72. The second kappa shape index (κ2) is 6.14. The summed E-state index contributed by atoms with van der Waals surface area (Å²) in [6.45, 7) is 4.27. The summed E-state index contributed by atoms with van der Waals surface area (Å²) in [5.41, 5.74) is 6.77. The van der Waals surface area contributed by atoms with Crippen LogP contribution in [0.15, 0.2) is 36.4 Å². The van der Waals surface area contributed by atoms with Gasteiger partial charge in [0.15, 0.2) is 0 Å². The molecular formula is C19H20BrCl. The van der Waals surface area contributed by atoms with Crippen molar-refractivity contribution in [1.82, 2.24) is 0 Å². The molecule has 0 fully saturated rings. The topological polar surface area (TPSA) is 0 Å². The van der Waals surface area contributed by atoms with Gasteiger partial charge >= 0.3 is 0 Å². The summed E-state index contributed by atoms with van der Waals surface area (Å²) < 4.78 is 0. The maximum absolute atomic E-state index is 6.51. The van der Waals surface area contributed by atoms with Gasteiger partial charge in [0.05, 0.1) is 0 Å². The summed E-state index contributed by atoms with van der Waals surface area (Å²) in [5.74, 6) is 0.509. The van der Waals surface area contributed by atoms with E-state index in [4.69, 9.17) is 11.6 Å². The van der Waals surface area contributed by atoms with Crippen molar-refractivity contribution >= 4 is 27.5 Å². The molecule has 3 rings (SSSR count). The Morgan fingerprint density at radius 3 is 2.67 bits per heavy atom. The highest BCUT2D eigenvalue weighted by atomic mass is 79.9. The van der Waals surface area contributed by atoms with Crippen molar-refractivity contribution in [2.45, 2.75) is 43.9 Å². The van der Waals surface area contributed by atoms with Crippen molar-refractivity contribution in [3.05, 3.63) is 69.2 Å². The van der Waals surface area contributed by atoms with Gasteiger partial charge in [-0.3, -0.25) is 0 Å². The van der Waals surface area contributed by atoms with Crippen LogP contribution in [0, 0.1) is 13.8 Å². The fraction of sp³-hybridized carbons (Fsp3) is 0.368. The predicted molar refractivity (Wildman–Crippen MR) is 94.7 cm³/mol. The first kappa shape index (κ1) is 15.1. The molecule has 0 amide bonds. The maximum atomic E-state index is 6.51. The number of benzene rings is 2. The predicted octanol–water partition coefficient (Wildman–Crippen LogP) is 6.51. The van der Waals surface area contributed by atoms with Crippen molar-refractivity contribution in [1.29, 1.82) is 0 Å². The zero-order valence-electron chi connectivity index (χ0n) is 12.5. The number of fused-ring (bicyclic) bond motifs is 1. The SMILES string of the molecule is Cc1cc(Cl)c(C(Br)C2CCCc3ccccc32)cc1C. The molecule has 110 valence electrons. The van der Waals surface area contributed by atoms with Gasteiger partial charge in [0.25, 0.3) is 0 Å². The van der Waals surface area contributed by atoms with Gasteiger partial charge in [0.1, 0.15) is 0 Å². The number of aryl methyl sites for hydroxylation is 3. The zero-order chi connectivity index (χ0) is 15.0. The summed E-state index contributed by atoms with van der Waals surface area (Å²) in [6, 6.07) is 13.2. The van der Waals surface area contributed by atoms with Crippen LogP contribution in [0.3, 0.4) is 0 Å². The van der Waals surface area contributed by atoms with Gasteiger partial charge in [-0.1, -0.05) is 57.9 Å². The molecule has 0 saturated heterocycles. The lowest BCUT2D eigenvalue weighted by Gasteiger charge is -2.30. The van der Waals surface area contributed by atoms with E-state index in [9.17, 15) is 0 Å². The number of rotatable bonds is 2. The Morgan fingerprint density at radius 1 is 1.14 bits per heavy atom. The van der Waals surface area contributed by atoms with Crippen LogP contribution in [0.2, 0.25) is 5.02 Å². The lowest BCUT2D eigenvalue weighted by atomic mass is 9.79. The smallest absolute Gasteiger partial charge is 0.0478 e. The summed E-state index contributed by atoms with van der Waals surface area (Å²) in [6.07, 6.45) is 3.68. The summed E-state index contributed by atoms with van der Waals surface area (Å²) in [5, 5.41) is 0.878. The van der Waals surface area contributed by atoms with Gasteiger partial charge in [-0.15, -0.1) is 0 Å². The molecule has 2 atom stereocenters. The van der Waals surface area contributed by atoms with E-state index in [-0.39, 0.29) is 4.83 Å². The number of halogens is 2. The van der Waals surface area contributed by atoms with Crippen LogP contribution in [0.4, 0.5) is 0 Å². The standard InChI is InChI=1S/C19H20BrCl/c1-12-10-17(18(21)11-13(12)2)19(20)16-9-5-7-14-6-3-4-8-15(14)16/h3-4,6,8,10-11,16,19H,5,7,9H2,1-2H3. The molecular weight excluding hydrogens is 344 g/mol. The van der Waals surface area contributed by atoms with E-state index in [1.807, 2.05) is 0 Å². The molecule has 0 aromatic heterocycles. The molecule has 1 aliphatic carbocycles. The van der Waals surface area contributed by atoms with Crippen LogP contribution in [0.25, 0.3) is 0 Å². The Morgan fingerprint density at radius 2 is 1.86 bits per heavy atom. The Kier molecular flexibility index (Phi) is 4.42. The zero-order valence-corrected chi connectivity index (χ0v) is 14.8.